The summed E-state index contributed by atoms with van der Waals surface area (Å²) in [6.45, 7) is 17.8. The number of carbonyl (C=O) groups excluding carboxylic acids is 1. The largest absolute Gasteiger partial charge is 0.481 e. The number of fused-ring (bicyclic) bond motifs is 2. The van der Waals surface area contributed by atoms with E-state index >= 15 is 0 Å². The van der Waals surface area contributed by atoms with Gasteiger partial charge in [0, 0.05) is 51.2 Å². The molecule has 0 aromatic heterocycles. The predicted octanol–water partition coefficient (Wildman–Crippen LogP) is 7.44. The lowest BCUT2D eigenvalue weighted by Gasteiger charge is -2.60. The number of allylic oxidation sites excluding steroid dienone is 1. The topological polar surface area (TPSA) is 82.1 Å². The third kappa shape index (κ3) is 5.89. The van der Waals surface area contributed by atoms with Crippen LogP contribution in [-0.2, 0) is 14.3 Å². The Kier molecular flexibility index (Phi) is 11.3. The van der Waals surface area contributed by atoms with Gasteiger partial charge in [-0.1, -0.05) is 104 Å². The molecule has 4 saturated carbocycles. The molecule has 2 saturated heterocycles. The van der Waals surface area contributed by atoms with E-state index in [1.807, 2.05) is 0 Å². The van der Waals surface area contributed by atoms with Crippen molar-refractivity contribution in [2.45, 2.75) is 136 Å². The number of aldehydes is 1. The Hall–Kier alpha value is -1.28. The Bertz CT molecular complexity index is 1220. The summed E-state index contributed by atoms with van der Waals surface area (Å²) in [6, 6.07) is 0. The number of piperazine rings is 1. The third-order valence-corrected chi connectivity index (χ3v) is 16.1. The van der Waals surface area contributed by atoms with Crippen LogP contribution in [0.4, 0.5) is 0 Å². The Morgan fingerprint density at radius 2 is 1.70 bits per heavy atom. The van der Waals surface area contributed by atoms with Gasteiger partial charge in [-0.05, 0) is 80.1 Å². The molecule has 5 aliphatic carbocycles. The summed E-state index contributed by atoms with van der Waals surface area (Å²) in [6.07, 6.45) is 21.5. The maximum Gasteiger partial charge on any atom is 0.315 e. The van der Waals surface area contributed by atoms with Gasteiger partial charge in [0.05, 0.1) is 17.6 Å². The SMILES string of the molecule is CCCCCCCN1CCN(CCNC[C@@H]2O[C@@H](C34C[C@@H]5[C@H](C)CC[C@H]5C5(C=O)CC3C=C(C(C)C)[C@]54C(=O)O)C[C@H]2C2CCCCC2)CC1. The number of hydrogen-bond donors (Lipinski definition) is 2. The van der Waals surface area contributed by atoms with Crippen LogP contribution in [0.2, 0.25) is 0 Å². The van der Waals surface area contributed by atoms with E-state index in [4.69, 9.17) is 4.74 Å². The van der Waals surface area contributed by atoms with E-state index in [-0.39, 0.29) is 30.0 Å². The van der Waals surface area contributed by atoms with Crippen molar-refractivity contribution >= 4 is 12.3 Å². The van der Waals surface area contributed by atoms with Gasteiger partial charge in [-0.15, -0.1) is 0 Å². The van der Waals surface area contributed by atoms with E-state index in [9.17, 15) is 14.7 Å². The van der Waals surface area contributed by atoms with E-state index in [2.05, 4.69) is 48.9 Å². The van der Waals surface area contributed by atoms with Gasteiger partial charge in [0.1, 0.15) is 11.7 Å². The van der Waals surface area contributed by atoms with Crippen molar-refractivity contribution < 1.29 is 19.4 Å². The molecule has 3 unspecified atom stereocenters. The van der Waals surface area contributed by atoms with E-state index in [0.717, 1.165) is 64.0 Å². The highest BCUT2D eigenvalue weighted by Crippen LogP contribution is 2.84. The molecule has 0 aromatic rings. The summed E-state index contributed by atoms with van der Waals surface area (Å²) in [5, 5.41) is 15.5. The van der Waals surface area contributed by atoms with E-state index in [0.29, 0.717) is 30.1 Å². The first-order valence-corrected chi connectivity index (χ1v) is 21.5. The van der Waals surface area contributed by atoms with Crippen molar-refractivity contribution in [1.82, 2.24) is 15.1 Å². The number of carbonyl (C=O) groups is 2. The number of hydrogen-bond acceptors (Lipinski definition) is 6. The number of carboxylic acid groups (broad SMARTS) is 1. The average Bonchev–Trinajstić information content (AvgIpc) is 3.84. The number of nitrogens with zero attached hydrogens (tertiary/aromatic N) is 2. The first-order valence-electron chi connectivity index (χ1n) is 21.5. The average molecular weight is 694 g/mol. The Morgan fingerprint density at radius 3 is 2.38 bits per heavy atom. The van der Waals surface area contributed by atoms with Crippen LogP contribution in [0.1, 0.15) is 124 Å². The maximum absolute atomic E-state index is 14.2. The highest BCUT2D eigenvalue weighted by atomic mass is 16.5. The fourth-order valence-electron chi connectivity index (χ4n) is 13.9. The number of unbranched alkanes of at least 4 members (excludes halogenated alkanes) is 4. The molecular formula is C43H71N3O4. The highest BCUT2D eigenvalue weighted by Gasteiger charge is 2.86. The lowest BCUT2D eigenvalue weighted by Crippen LogP contribution is -2.65. The molecule has 2 aliphatic heterocycles. The molecule has 0 spiro atoms. The summed E-state index contributed by atoms with van der Waals surface area (Å²) < 4.78 is 7.42. The second-order valence-electron chi connectivity index (χ2n) is 18.6. The molecule has 7 aliphatic rings. The van der Waals surface area contributed by atoms with Crippen LogP contribution in [0.3, 0.4) is 0 Å². The lowest BCUT2D eigenvalue weighted by atomic mass is 9.41. The summed E-state index contributed by atoms with van der Waals surface area (Å²) >= 11 is 0. The number of ether oxygens (including phenoxy) is 1. The van der Waals surface area contributed by atoms with Crippen LogP contribution in [-0.4, -0.2) is 91.7 Å². The molecule has 4 bridgehead atoms. The molecule has 7 heteroatoms. The smallest absolute Gasteiger partial charge is 0.315 e. The Labute approximate surface area is 304 Å². The van der Waals surface area contributed by atoms with Gasteiger partial charge in [0.15, 0.2) is 0 Å². The van der Waals surface area contributed by atoms with Crippen LogP contribution < -0.4 is 5.32 Å². The van der Waals surface area contributed by atoms with Crippen molar-refractivity contribution in [2.75, 3.05) is 52.4 Å². The summed E-state index contributed by atoms with van der Waals surface area (Å²) in [5.41, 5.74) is -1.45. The predicted molar refractivity (Wildman–Crippen MR) is 200 cm³/mol. The Morgan fingerprint density at radius 1 is 0.980 bits per heavy atom. The molecule has 2 N–H and O–H groups in total. The highest BCUT2D eigenvalue weighted by molar-refractivity contribution is 5.90. The van der Waals surface area contributed by atoms with E-state index in [1.165, 1.54) is 90.1 Å². The Balaban J connectivity index is 1.06. The normalized spacial score (nSPS) is 41.9. The molecule has 0 aromatic carbocycles. The van der Waals surface area contributed by atoms with Gasteiger partial charge in [0.2, 0.25) is 0 Å². The molecule has 10 atom stereocenters. The van der Waals surface area contributed by atoms with Gasteiger partial charge in [-0.2, -0.15) is 0 Å². The summed E-state index contributed by atoms with van der Waals surface area (Å²) in [7, 11) is 0. The molecule has 0 radical (unpaired) electrons. The summed E-state index contributed by atoms with van der Waals surface area (Å²) in [5.74, 6) is 1.70. The first kappa shape index (κ1) is 37.1. The van der Waals surface area contributed by atoms with Gasteiger partial charge in [-0.25, -0.2) is 0 Å². The van der Waals surface area contributed by atoms with Crippen molar-refractivity contribution in [3.63, 3.8) is 0 Å². The van der Waals surface area contributed by atoms with Crippen LogP contribution in [0, 0.1) is 57.7 Å². The number of nitrogens with one attached hydrogen (secondary N) is 1. The second kappa shape index (κ2) is 15.2. The molecular weight excluding hydrogens is 622 g/mol. The molecule has 0 amide bonds. The van der Waals surface area contributed by atoms with Gasteiger partial charge in [0.25, 0.3) is 0 Å². The minimum Gasteiger partial charge on any atom is -0.481 e. The second-order valence-corrected chi connectivity index (χ2v) is 18.6. The van der Waals surface area contributed by atoms with Crippen LogP contribution in [0.25, 0.3) is 0 Å². The van der Waals surface area contributed by atoms with Crippen molar-refractivity contribution in [3.05, 3.63) is 11.6 Å². The molecule has 7 rings (SSSR count). The first-order chi connectivity index (χ1) is 24.2. The van der Waals surface area contributed by atoms with Crippen molar-refractivity contribution in [1.29, 1.82) is 0 Å². The van der Waals surface area contributed by atoms with Crippen molar-refractivity contribution in [2.24, 2.45) is 57.7 Å². The van der Waals surface area contributed by atoms with Crippen LogP contribution in [0.15, 0.2) is 11.6 Å². The fourth-order valence-corrected chi connectivity index (χ4v) is 13.9. The van der Waals surface area contributed by atoms with Gasteiger partial charge < -0.3 is 24.9 Å². The van der Waals surface area contributed by atoms with Crippen LogP contribution in [0.5, 0.6) is 0 Å². The zero-order valence-corrected chi connectivity index (χ0v) is 32.2. The third-order valence-electron chi connectivity index (χ3n) is 16.1. The standard InChI is InChI=1S/C43H71N3O4/c1-5-6-7-8-12-18-45-20-22-46(23-21-45)19-17-44-28-38-34(32-13-10-9-11-14-32)25-39(50-38)42-27-35-31(4)15-16-36(35)41(29-47)26-33(42)24-37(30(2)3)43(41,42)40(48)49/h24,29-36,38-39,44H,5-23,25-28H2,1-4H3,(H,48,49)/t31-,33?,34+,35-,36-,38+,39-,41?,42?,43+/m1/s1. The van der Waals surface area contributed by atoms with Crippen LogP contribution >= 0.6 is 0 Å². The molecule has 50 heavy (non-hydrogen) atoms. The van der Waals surface area contributed by atoms with Crippen molar-refractivity contribution in [3.8, 4) is 0 Å². The zero-order chi connectivity index (χ0) is 35.1. The molecule has 7 nitrogen and oxygen atoms in total. The molecule has 6 fully saturated rings. The lowest BCUT2D eigenvalue weighted by molar-refractivity contribution is -0.197. The minimum absolute atomic E-state index is 0.103. The zero-order valence-electron chi connectivity index (χ0n) is 32.2. The van der Waals surface area contributed by atoms with Gasteiger partial charge >= 0.3 is 5.97 Å². The maximum atomic E-state index is 14.2. The number of rotatable bonds is 16. The molecule has 2 heterocycles. The van der Waals surface area contributed by atoms with Gasteiger partial charge in [-0.3, -0.25) is 9.69 Å². The minimum atomic E-state index is -1.15. The fraction of sp³-hybridized carbons (Fsp3) is 0.907. The van der Waals surface area contributed by atoms with E-state index in [1.54, 1.807) is 0 Å². The quantitative estimate of drug-likeness (QED) is 0.0988. The number of carboxylic acids is 1. The molecule has 282 valence electrons. The van der Waals surface area contributed by atoms with E-state index < -0.39 is 22.2 Å². The summed E-state index contributed by atoms with van der Waals surface area (Å²) in [4.78, 5) is 33.1. The monoisotopic (exact) mass is 694 g/mol. The number of aliphatic carboxylic acids is 1.